The van der Waals surface area contributed by atoms with E-state index in [-0.39, 0.29) is 5.69 Å². The Hall–Kier alpha value is -3.79. The zero-order valence-corrected chi connectivity index (χ0v) is 21.5. The molecule has 0 radical (unpaired) electrons. The minimum atomic E-state index is -0.951. The maximum absolute atomic E-state index is 12.1. The van der Waals surface area contributed by atoms with Crippen molar-refractivity contribution >= 4 is 32.9 Å². The van der Waals surface area contributed by atoms with Crippen LogP contribution in [0.5, 0.6) is 0 Å². The lowest BCUT2D eigenvalue weighted by Gasteiger charge is -2.06. The molecule has 2 aromatic carbocycles. The molecule has 36 heavy (non-hydrogen) atoms. The molecule has 2 N–H and O–H groups in total. The van der Waals surface area contributed by atoms with E-state index >= 15 is 0 Å². The third-order valence-electron chi connectivity index (χ3n) is 6.23. The normalized spacial score (nSPS) is 11.4. The number of H-pyrrole nitrogens is 1. The molecule has 0 spiro atoms. The number of tetrazole rings is 1. The maximum Gasteiger partial charge on any atom is 0.354 e. The number of aromatic amines is 1. The smallest absolute Gasteiger partial charge is 0.354 e. The summed E-state index contributed by atoms with van der Waals surface area (Å²) in [6.07, 6.45) is 3.21. The van der Waals surface area contributed by atoms with Crippen LogP contribution >= 0.6 is 15.9 Å². The second kappa shape index (κ2) is 10.1. The van der Waals surface area contributed by atoms with Crippen molar-refractivity contribution in [3.05, 3.63) is 69.5 Å². The number of nitrogens with zero attached hydrogens (tertiary/aromatic N) is 5. The van der Waals surface area contributed by atoms with E-state index in [1.165, 1.54) is 0 Å². The summed E-state index contributed by atoms with van der Waals surface area (Å²) in [5, 5.41) is 29.9. The zero-order valence-electron chi connectivity index (χ0n) is 20.0. The van der Waals surface area contributed by atoms with Gasteiger partial charge in [0.05, 0.1) is 10.2 Å². The monoisotopic (exact) mass is 548 g/mol. The van der Waals surface area contributed by atoms with Crippen molar-refractivity contribution in [3.8, 4) is 22.7 Å². The highest BCUT2D eigenvalue weighted by Crippen LogP contribution is 2.41. The molecule has 3 heterocycles. The average Bonchev–Trinajstić information content (AvgIpc) is 3.61. The molecule has 5 aromatic rings. The number of benzene rings is 2. The second-order valence-electron chi connectivity index (χ2n) is 8.53. The van der Waals surface area contributed by atoms with Crippen LogP contribution in [0.2, 0.25) is 0 Å². The van der Waals surface area contributed by atoms with Crippen LogP contribution < -0.4 is 0 Å². The number of aryl methyl sites for hydroxylation is 2. The highest BCUT2D eigenvalue weighted by Gasteiger charge is 2.24. The third kappa shape index (κ3) is 4.32. The number of hydrogen-bond acceptors (Lipinski definition) is 6. The van der Waals surface area contributed by atoms with Crippen molar-refractivity contribution in [2.24, 2.45) is 0 Å². The Morgan fingerprint density at radius 1 is 1.17 bits per heavy atom. The van der Waals surface area contributed by atoms with E-state index in [2.05, 4.69) is 48.6 Å². The molecule has 3 aromatic heterocycles. The predicted octanol–water partition coefficient (Wildman–Crippen LogP) is 5.89. The lowest BCUT2D eigenvalue weighted by atomic mass is 9.99. The van der Waals surface area contributed by atoms with Gasteiger partial charge in [0.25, 0.3) is 0 Å². The van der Waals surface area contributed by atoms with Gasteiger partial charge < -0.3 is 9.52 Å². The third-order valence-corrected chi connectivity index (χ3v) is 7.02. The van der Waals surface area contributed by atoms with E-state index in [1.54, 1.807) is 4.68 Å². The van der Waals surface area contributed by atoms with E-state index in [4.69, 9.17) is 4.42 Å². The summed E-state index contributed by atoms with van der Waals surface area (Å²) in [6, 6.07) is 13.7. The first kappa shape index (κ1) is 23.9. The van der Waals surface area contributed by atoms with Gasteiger partial charge in [-0.1, -0.05) is 43.7 Å². The Labute approximate surface area is 215 Å². The molecule has 0 amide bonds. The number of aromatic nitrogens is 6. The van der Waals surface area contributed by atoms with E-state index in [0.29, 0.717) is 24.6 Å². The molecule has 0 aliphatic rings. The molecule has 5 rings (SSSR count). The Bertz CT molecular complexity index is 1540. The van der Waals surface area contributed by atoms with E-state index in [1.807, 2.05) is 49.4 Å². The largest absolute Gasteiger partial charge is 0.477 e. The average molecular weight is 549 g/mol. The summed E-state index contributed by atoms with van der Waals surface area (Å²) < 4.78 is 8.65. The van der Waals surface area contributed by atoms with E-state index in [0.717, 1.165) is 62.7 Å². The number of unbranched alkanes of at least 4 members (excludes halogenated alkanes) is 1. The van der Waals surface area contributed by atoms with Gasteiger partial charge in [-0.05, 0) is 58.6 Å². The molecule has 0 saturated heterocycles. The number of carboxylic acids is 1. The molecule has 9 nitrogen and oxygen atoms in total. The Balaban J connectivity index is 1.57. The van der Waals surface area contributed by atoms with Gasteiger partial charge in [0.2, 0.25) is 5.82 Å². The second-order valence-corrected chi connectivity index (χ2v) is 9.32. The molecule has 0 aliphatic heterocycles. The van der Waals surface area contributed by atoms with Crippen molar-refractivity contribution in [1.82, 2.24) is 30.4 Å². The summed E-state index contributed by atoms with van der Waals surface area (Å²) in [5.74, 6) is 0.191. The van der Waals surface area contributed by atoms with Crippen LogP contribution in [0.1, 0.15) is 54.0 Å². The molecule has 0 unspecified atom stereocenters. The maximum atomic E-state index is 12.1. The highest BCUT2D eigenvalue weighted by molar-refractivity contribution is 9.10. The Kier molecular flexibility index (Phi) is 6.69. The summed E-state index contributed by atoms with van der Waals surface area (Å²) in [7, 11) is 0. The summed E-state index contributed by atoms with van der Waals surface area (Å²) in [5.41, 5.74) is 5.24. The topological polar surface area (TPSA) is 123 Å². The number of rotatable bonds is 9. The fraction of sp³-hybridized carbons (Fsp3) is 0.269. The number of furan rings is 1. The molecule has 184 valence electrons. The van der Waals surface area contributed by atoms with Crippen LogP contribution in [0.15, 0.2) is 51.4 Å². The van der Waals surface area contributed by atoms with Gasteiger partial charge in [-0.25, -0.2) is 4.79 Å². The van der Waals surface area contributed by atoms with Crippen molar-refractivity contribution in [2.75, 3.05) is 0 Å². The number of carboxylic acid groups (broad SMARTS) is 1. The SMILES string of the molecule is CCCCc1nn(CC)c(C(=O)O)c1Cc1ccc2oc(-c3ccccc3-c3nn[nH]n3)c(Br)c2c1. The highest BCUT2D eigenvalue weighted by atomic mass is 79.9. The Morgan fingerprint density at radius 2 is 1.97 bits per heavy atom. The van der Waals surface area contributed by atoms with Gasteiger partial charge in [0, 0.05) is 35.0 Å². The molecule has 10 heteroatoms. The first-order valence-corrected chi connectivity index (χ1v) is 12.7. The van der Waals surface area contributed by atoms with Crippen LogP contribution in [0.4, 0.5) is 0 Å². The number of halogens is 1. The minimum absolute atomic E-state index is 0.268. The Morgan fingerprint density at radius 3 is 2.67 bits per heavy atom. The van der Waals surface area contributed by atoms with Crippen molar-refractivity contribution in [2.45, 2.75) is 46.1 Å². The van der Waals surface area contributed by atoms with E-state index in [9.17, 15) is 9.90 Å². The molecular weight excluding hydrogens is 524 g/mol. The number of carbonyl (C=O) groups is 1. The van der Waals surface area contributed by atoms with Gasteiger partial charge in [0.1, 0.15) is 17.0 Å². The molecule has 0 atom stereocenters. The summed E-state index contributed by atoms with van der Waals surface area (Å²) in [6.45, 7) is 4.54. The van der Waals surface area contributed by atoms with Crippen molar-refractivity contribution in [1.29, 1.82) is 0 Å². The van der Waals surface area contributed by atoms with Gasteiger partial charge >= 0.3 is 5.97 Å². The fourth-order valence-electron chi connectivity index (χ4n) is 4.50. The van der Waals surface area contributed by atoms with Crippen LogP contribution in [-0.4, -0.2) is 41.5 Å². The van der Waals surface area contributed by atoms with Gasteiger partial charge in [-0.2, -0.15) is 10.3 Å². The summed E-state index contributed by atoms with van der Waals surface area (Å²) in [4.78, 5) is 12.1. The number of nitrogens with one attached hydrogen (secondary N) is 1. The van der Waals surface area contributed by atoms with Crippen molar-refractivity contribution in [3.63, 3.8) is 0 Å². The lowest BCUT2D eigenvalue weighted by Crippen LogP contribution is -2.10. The van der Waals surface area contributed by atoms with Gasteiger partial charge in [0.15, 0.2) is 0 Å². The standard InChI is InChI=1S/C26H25BrN6O3/c1-3-5-10-20-18(23(26(34)35)33(4-2)30-20)13-15-11-12-21-19(14-15)22(27)24(36-21)16-8-6-7-9-17(16)25-28-31-32-29-25/h6-9,11-12,14H,3-5,10,13H2,1-2H3,(H,34,35)(H,28,29,31,32). The predicted molar refractivity (Wildman–Crippen MR) is 139 cm³/mol. The quantitative estimate of drug-likeness (QED) is 0.235. The zero-order chi connectivity index (χ0) is 25.2. The van der Waals surface area contributed by atoms with Gasteiger partial charge in [-0.15, -0.1) is 10.2 Å². The number of fused-ring (bicyclic) bond motifs is 1. The molecular formula is C26H25BrN6O3. The first-order chi connectivity index (χ1) is 17.5. The van der Waals surface area contributed by atoms with Crippen LogP contribution in [0, 0.1) is 0 Å². The number of aromatic carboxylic acids is 1. The molecule has 0 aliphatic carbocycles. The number of hydrogen-bond donors (Lipinski definition) is 2. The molecule has 0 bridgehead atoms. The van der Waals surface area contributed by atoms with Crippen LogP contribution in [-0.2, 0) is 19.4 Å². The van der Waals surface area contributed by atoms with E-state index < -0.39 is 5.97 Å². The van der Waals surface area contributed by atoms with Crippen LogP contribution in [0.3, 0.4) is 0 Å². The van der Waals surface area contributed by atoms with Gasteiger partial charge in [-0.3, -0.25) is 4.68 Å². The molecule has 0 fully saturated rings. The van der Waals surface area contributed by atoms with Crippen molar-refractivity contribution < 1.29 is 14.3 Å². The molecule has 0 saturated carbocycles. The lowest BCUT2D eigenvalue weighted by molar-refractivity contribution is 0.0682. The summed E-state index contributed by atoms with van der Waals surface area (Å²) >= 11 is 3.74. The fourth-order valence-corrected chi connectivity index (χ4v) is 5.11. The minimum Gasteiger partial charge on any atom is -0.477 e. The van der Waals surface area contributed by atoms with Crippen LogP contribution in [0.25, 0.3) is 33.7 Å². The first-order valence-electron chi connectivity index (χ1n) is 11.9.